The van der Waals surface area contributed by atoms with Crippen molar-refractivity contribution in [2.45, 2.75) is 5.92 Å². The molecule has 0 saturated carbocycles. The SMILES string of the molecule is O=C(Cl)SCC(F)(F)c1ccc(Cl)cc1. The molecular formula is C9H6Cl2F2OS. The Balaban J connectivity index is 2.76. The van der Waals surface area contributed by atoms with E-state index < -0.39 is 16.2 Å². The Bertz CT molecular complexity index is 354. The normalized spacial score (nSPS) is 11.5. The zero-order valence-corrected chi connectivity index (χ0v) is 9.67. The van der Waals surface area contributed by atoms with Crippen LogP contribution >= 0.6 is 35.0 Å². The third-order valence-corrected chi connectivity index (χ3v) is 2.95. The molecule has 1 aromatic carbocycles. The fraction of sp³-hybridized carbons (Fsp3) is 0.222. The summed E-state index contributed by atoms with van der Waals surface area (Å²) in [5.41, 5.74) is -0.183. The van der Waals surface area contributed by atoms with E-state index >= 15 is 0 Å². The van der Waals surface area contributed by atoms with Gasteiger partial charge in [-0.1, -0.05) is 35.5 Å². The third-order valence-electron chi connectivity index (χ3n) is 1.63. The van der Waals surface area contributed by atoms with Gasteiger partial charge in [-0.15, -0.1) is 0 Å². The number of halogens is 4. The first-order valence-corrected chi connectivity index (χ1v) is 5.62. The first-order chi connectivity index (χ1) is 6.92. The maximum absolute atomic E-state index is 13.4. The maximum atomic E-state index is 13.4. The van der Waals surface area contributed by atoms with Crippen molar-refractivity contribution in [2.75, 3.05) is 5.75 Å². The minimum Gasteiger partial charge on any atom is -0.268 e. The van der Waals surface area contributed by atoms with Gasteiger partial charge in [0.15, 0.2) is 0 Å². The Hall–Kier alpha value is -0.320. The molecule has 0 amide bonds. The van der Waals surface area contributed by atoms with E-state index in [0.29, 0.717) is 16.8 Å². The fourth-order valence-electron chi connectivity index (χ4n) is 0.924. The summed E-state index contributed by atoms with van der Waals surface area (Å²) >= 11 is 10.9. The number of hydrogen-bond acceptors (Lipinski definition) is 2. The predicted molar refractivity (Wildman–Crippen MR) is 59.1 cm³/mol. The topological polar surface area (TPSA) is 17.1 Å². The van der Waals surface area contributed by atoms with Crippen LogP contribution in [0, 0.1) is 0 Å². The van der Waals surface area contributed by atoms with E-state index in [9.17, 15) is 13.6 Å². The molecule has 0 unspecified atom stereocenters. The molecule has 0 spiro atoms. The molecule has 0 radical (unpaired) electrons. The monoisotopic (exact) mass is 270 g/mol. The van der Waals surface area contributed by atoms with E-state index in [4.69, 9.17) is 23.2 Å². The van der Waals surface area contributed by atoms with Crippen LogP contribution in [0.25, 0.3) is 0 Å². The average Bonchev–Trinajstić information content (AvgIpc) is 2.16. The van der Waals surface area contributed by atoms with Crippen LogP contribution in [0.5, 0.6) is 0 Å². The van der Waals surface area contributed by atoms with Crippen molar-refractivity contribution >= 4 is 39.5 Å². The zero-order chi connectivity index (χ0) is 11.5. The number of alkyl halides is 2. The van der Waals surface area contributed by atoms with Gasteiger partial charge in [0.25, 0.3) is 10.5 Å². The molecule has 15 heavy (non-hydrogen) atoms. The van der Waals surface area contributed by atoms with Gasteiger partial charge in [0, 0.05) is 10.6 Å². The van der Waals surface area contributed by atoms with Crippen molar-refractivity contribution in [2.24, 2.45) is 0 Å². The van der Waals surface area contributed by atoms with E-state index in [0.717, 1.165) is 0 Å². The lowest BCUT2D eigenvalue weighted by Crippen LogP contribution is -2.16. The summed E-state index contributed by atoms with van der Waals surface area (Å²) in [5.74, 6) is -3.75. The number of benzene rings is 1. The highest BCUT2D eigenvalue weighted by molar-refractivity contribution is 8.16. The maximum Gasteiger partial charge on any atom is 0.282 e. The molecule has 6 heteroatoms. The lowest BCUT2D eigenvalue weighted by molar-refractivity contribution is 0.0233. The molecule has 0 aliphatic carbocycles. The van der Waals surface area contributed by atoms with Crippen molar-refractivity contribution in [3.63, 3.8) is 0 Å². The number of hydrogen-bond donors (Lipinski definition) is 0. The van der Waals surface area contributed by atoms with Crippen molar-refractivity contribution in [1.29, 1.82) is 0 Å². The van der Waals surface area contributed by atoms with Crippen molar-refractivity contribution in [3.8, 4) is 0 Å². The van der Waals surface area contributed by atoms with Crippen LogP contribution in [-0.2, 0) is 5.92 Å². The van der Waals surface area contributed by atoms with E-state index in [2.05, 4.69) is 0 Å². The van der Waals surface area contributed by atoms with Crippen LogP contribution in [0.4, 0.5) is 13.6 Å². The number of carbonyl (C=O) groups excluding carboxylic acids is 1. The largest absolute Gasteiger partial charge is 0.282 e. The molecule has 1 nitrogen and oxygen atoms in total. The second kappa shape index (κ2) is 5.14. The van der Waals surface area contributed by atoms with Gasteiger partial charge in [-0.2, -0.15) is 0 Å². The smallest absolute Gasteiger partial charge is 0.268 e. The lowest BCUT2D eigenvalue weighted by Gasteiger charge is -2.14. The summed E-state index contributed by atoms with van der Waals surface area (Å²) in [6.45, 7) is 0. The Morgan fingerprint density at radius 1 is 1.33 bits per heavy atom. The predicted octanol–water partition coefficient (Wildman–Crippen LogP) is 4.52. The molecule has 0 N–H and O–H groups in total. The van der Waals surface area contributed by atoms with Gasteiger partial charge < -0.3 is 0 Å². The van der Waals surface area contributed by atoms with E-state index in [-0.39, 0.29) is 5.56 Å². The van der Waals surface area contributed by atoms with Crippen LogP contribution in [-0.4, -0.2) is 10.3 Å². The Morgan fingerprint density at radius 3 is 2.33 bits per heavy atom. The summed E-state index contributed by atoms with van der Waals surface area (Å²) in [7, 11) is 0. The molecule has 82 valence electrons. The van der Waals surface area contributed by atoms with E-state index in [1.165, 1.54) is 24.3 Å². The molecule has 0 fully saturated rings. The van der Waals surface area contributed by atoms with Crippen molar-refractivity contribution in [1.82, 2.24) is 0 Å². The quantitative estimate of drug-likeness (QED) is 0.751. The second-order valence-corrected chi connectivity index (χ2v) is 4.69. The molecule has 1 rings (SSSR count). The van der Waals surface area contributed by atoms with Gasteiger partial charge in [0.2, 0.25) is 0 Å². The van der Waals surface area contributed by atoms with Gasteiger partial charge in [-0.25, -0.2) is 8.78 Å². The Morgan fingerprint density at radius 2 is 1.87 bits per heavy atom. The summed E-state index contributed by atoms with van der Waals surface area (Å²) < 4.78 is 25.9. The molecule has 1 aromatic rings. The fourth-order valence-corrected chi connectivity index (χ4v) is 1.68. The van der Waals surface area contributed by atoms with Gasteiger partial charge in [0.05, 0.1) is 5.75 Å². The summed E-state index contributed by atoms with van der Waals surface area (Å²) in [5, 5.41) is 0.385. The van der Waals surface area contributed by atoms with Crippen molar-refractivity contribution in [3.05, 3.63) is 34.9 Å². The van der Waals surface area contributed by atoms with Crippen LogP contribution in [0.2, 0.25) is 5.02 Å². The Labute approximate surface area is 99.7 Å². The highest BCUT2D eigenvalue weighted by Gasteiger charge is 2.32. The zero-order valence-electron chi connectivity index (χ0n) is 7.34. The summed E-state index contributed by atoms with van der Waals surface area (Å²) in [4.78, 5) is 10.3. The van der Waals surface area contributed by atoms with Crippen molar-refractivity contribution < 1.29 is 13.6 Å². The molecule has 0 aliphatic rings. The summed E-state index contributed by atoms with van der Waals surface area (Å²) in [6, 6.07) is 5.19. The number of carbonyl (C=O) groups is 1. The summed E-state index contributed by atoms with van der Waals surface area (Å²) in [6.07, 6.45) is 0. The number of thioether (sulfide) groups is 1. The van der Waals surface area contributed by atoms with E-state index in [1.807, 2.05) is 0 Å². The highest BCUT2D eigenvalue weighted by Crippen LogP contribution is 2.33. The molecule has 0 atom stereocenters. The molecule has 0 aromatic heterocycles. The molecule has 0 heterocycles. The molecule has 0 bridgehead atoms. The average molecular weight is 271 g/mol. The van der Waals surface area contributed by atoms with Crippen LogP contribution < -0.4 is 0 Å². The third kappa shape index (κ3) is 3.97. The number of rotatable bonds is 3. The highest BCUT2D eigenvalue weighted by atomic mass is 35.5. The van der Waals surface area contributed by atoms with Crippen LogP contribution in [0.3, 0.4) is 0 Å². The molecule has 0 saturated heterocycles. The lowest BCUT2D eigenvalue weighted by atomic mass is 10.1. The van der Waals surface area contributed by atoms with Crippen LogP contribution in [0.1, 0.15) is 5.56 Å². The first-order valence-electron chi connectivity index (χ1n) is 3.88. The van der Waals surface area contributed by atoms with Gasteiger partial charge in [0.1, 0.15) is 0 Å². The Kier molecular flexibility index (Phi) is 4.37. The second-order valence-electron chi connectivity index (χ2n) is 2.74. The molecular weight excluding hydrogens is 265 g/mol. The standard InChI is InChI=1S/C9H6Cl2F2OS/c10-7-3-1-6(2-4-7)9(12,13)5-15-8(11)14/h1-4H,5H2. The van der Waals surface area contributed by atoms with Crippen LogP contribution in [0.15, 0.2) is 24.3 Å². The first kappa shape index (κ1) is 12.7. The minimum atomic E-state index is -3.08. The van der Waals surface area contributed by atoms with Gasteiger partial charge in [-0.3, -0.25) is 4.79 Å². The van der Waals surface area contributed by atoms with E-state index in [1.54, 1.807) is 0 Å². The van der Waals surface area contributed by atoms with Gasteiger partial charge in [-0.05, 0) is 23.7 Å². The molecule has 0 aliphatic heterocycles. The minimum absolute atomic E-state index is 0.183. The van der Waals surface area contributed by atoms with Gasteiger partial charge >= 0.3 is 0 Å².